The van der Waals surface area contributed by atoms with Crippen LogP contribution in [0.2, 0.25) is 0 Å². The molecule has 0 unspecified atom stereocenters. The van der Waals surface area contributed by atoms with E-state index in [0.717, 1.165) is 26.1 Å². The first-order valence-electron chi connectivity index (χ1n) is 5.18. The maximum absolute atomic E-state index is 11.5. The van der Waals surface area contributed by atoms with Crippen LogP contribution in [0.5, 0.6) is 0 Å². The van der Waals surface area contributed by atoms with E-state index in [0.29, 0.717) is 0 Å². The Kier molecular flexibility index (Phi) is 3.75. The standard InChI is InChI=1S/C10H20N2O2/c1-8(2)11-9(13)12-10(3)4-6-14-7-5-10/h8H,4-7H2,1-3H3,(H2,11,12,13). The molecular weight excluding hydrogens is 180 g/mol. The molecule has 0 saturated carbocycles. The molecule has 0 bridgehead atoms. The first kappa shape index (κ1) is 11.3. The van der Waals surface area contributed by atoms with Crippen LogP contribution in [0.4, 0.5) is 4.79 Å². The van der Waals surface area contributed by atoms with Crippen molar-refractivity contribution in [2.24, 2.45) is 0 Å². The van der Waals surface area contributed by atoms with Crippen LogP contribution in [0.15, 0.2) is 0 Å². The molecule has 1 heterocycles. The highest BCUT2D eigenvalue weighted by Gasteiger charge is 2.28. The third-order valence-electron chi connectivity index (χ3n) is 2.43. The van der Waals surface area contributed by atoms with E-state index in [1.807, 2.05) is 13.8 Å². The van der Waals surface area contributed by atoms with Gasteiger partial charge in [0, 0.05) is 24.8 Å². The summed E-state index contributed by atoms with van der Waals surface area (Å²) < 4.78 is 5.26. The minimum absolute atomic E-state index is 0.0793. The first-order chi connectivity index (χ1) is 6.52. The number of carbonyl (C=O) groups excluding carboxylic acids is 1. The fourth-order valence-electron chi connectivity index (χ4n) is 1.52. The topological polar surface area (TPSA) is 50.4 Å². The van der Waals surface area contributed by atoms with Crippen LogP contribution in [0.3, 0.4) is 0 Å². The van der Waals surface area contributed by atoms with E-state index in [1.54, 1.807) is 0 Å². The molecule has 1 saturated heterocycles. The number of ether oxygens (including phenoxy) is 1. The zero-order chi connectivity index (χ0) is 10.6. The molecule has 1 aliphatic rings. The average Bonchev–Trinajstić information content (AvgIpc) is 2.02. The van der Waals surface area contributed by atoms with Crippen molar-refractivity contribution in [2.45, 2.75) is 45.2 Å². The van der Waals surface area contributed by atoms with Gasteiger partial charge in [0.2, 0.25) is 0 Å². The van der Waals surface area contributed by atoms with Crippen molar-refractivity contribution in [2.75, 3.05) is 13.2 Å². The fourth-order valence-corrected chi connectivity index (χ4v) is 1.52. The van der Waals surface area contributed by atoms with E-state index in [1.165, 1.54) is 0 Å². The molecule has 2 N–H and O–H groups in total. The lowest BCUT2D eigenvalue weighted by Gasteiger charge is -2.34. The van der Waals surface area contributed by atoms with Crippen LogP contribution in [0, 0.1) is 0 Å². The zero-order valence-electron chi connectivity index (χ0n) is 9.22. The SMILES string of the molecule is CC(C)NC(=O)NC1(C)CCOCC1. The van der Waals surface area contributed by atoms with Crippen LogP contribution in [-0.2, 0) is 4.74 Å². The van der Waals surface area contributed by atoms with Crippen molar-refractivity contribution in [3.8, 4) is 0 Å². The molecule has 0 spiro atoms. The average molecular weight is 200 g/mol. The van der Waals surface area contributed by atoms with Crippen LogP contribution in [-0.4, -0.2) is 30.8 Å². The molecule has 0 aliphatic carbocycles. The second kappa shape index (κ2) is 4.64. The van der Waals surface area contributed by atoms with E-state index >= 15 is 0 Å². The summed E-state index contributed by atoms with van der Waals surface area (Å²) in [5, 5.41) is 5.82. The monoisotopic (exact) mass is 200 g/mol. The zero-order valence-corrected chi connectivity index (χ0v) is 9.22. The Morgan fingerprint density at radius 3 is 2.43 bits per heavy atom. The molecule has 1 fully saturated rings. The highest BCUT2D eigenvalue weighted by Crippen LogP contribution is 2.19. The number of hydrogen-bond donors (Lipinski definition) is 2. The lowest BCUT2D eigenvalue weighted by Crippen LogP contribution is -2.53. The van der Waals surface area contributed by atoms with E-state index in [4.69, 9.17) is 4.74 Å². The molecule has 82 valence electrons. The summed E-state index contributed by atoms with van der Waals surface area (Å²) in [4.78, 5) is 11.5. The Morgan fingerprint density at radius 2 is 1.93 bits per heavy atom. The summed E-state index contributed by atoms with van der Waals surface area (Å²) >= 11 is 0. The van der Waals surface area contributed by atoms with Gasteiger partial charge < -0.3 is 15.4 Å². The summed E-state index contributed by atoms with van der Waals surface area (Å²) in [6.45, 7) is 7.43. The lowest BCUT2D eigenvalue weighted by atomic mass is 9.93. The second-order valence-electron chi connectivity index (χ2n) is 4.43. The third kappa shape index (κ3) is 3.54. The van der Waals surface area contributed by atoms with Crippen molar-refractivity contribution in [3.05, 3.63) is 0 Å². The Balaban J connectivity index is 2.37. The van der Waals surface area contributed by atoms with Gasteiger partial charge in [-0.3, -0.25) is 0 Å². The highest BCUT2D eigenvalue weighted by atomic mass is 16.5. The van der Waals surface area contributed by atoms with E-state index in [9.17, 15) is 4.79 Å². The molecule has 4 heteroatoms. The van der Waals surface area contributed by atoms with Gasteiger partial charge in [0.05, 0.1) is 0 Å². The number of urea groups is 1. The fraction of sp³-hybridized carbons (Fsp3) is 0.900. The number of hydrogen-bond acceptors (Lipinski definition) is 2. The Bertz CT molecular complexity index is 198. The Morgan fingerprint density at radius 1 is 1.36 bits per heavy atom. The Hall–Kier alpha value is -0.770. The lowest BCUT2D eigenvalue weighted by molar-refractivity contribution is 0.0491. The number of amides is 2. The minimum Gasteiger partial charge on any atom is -0.381 e. The molecule has 0 aromatic heterocycles. The van der Waals surface area contributed by atoms with Crippen molar-refractivity contribution < 1.29 is 9.53 Å². The van der Waals surface area contributed by atoms with Gasteiger partial charge in [-0.2, -0.15) is 0 Å². The van der Waals surface area contributed by atoms with Gasteiger partial charge in [-0.1, -0.05) is 0 Å². The molecular formula is C10H20N2O2. The minimum atomic E-state index is -0.1000. The van der Waals surface area contributed by atoms with Gasteiger partial charge in [-0.25, -0.2) is 4.79 Å². The third-order valence-corrected chi connectivity index (χ3v) is 2.43. The van der Waals surface area contributed by atoms with Crippen LogP contribution >= 0.6 is 0 Å². The maximum atomic E-state index is 11.5. The van der Waals surface area contributed by atoms with Crippen molar-refractivity contribution in [1.29, 1.82) is 0 Å². The van der Waals surface area contributed by atoms with Gasteiger partial charge in [0.15, 0.2) is 0 Å². The molecule has 2 amide bonds. The molecule has 1 aliphatic heterocycles. The summed E-state index contributed by atoms with van der Waals surface area (Å²) in [7, 11) is 0. The molecule has 0 aromatic rings. The van der Waals surface area contributed by atoms with Crippen LogP contribution < -0.4 is 10.6 Å². The van der Waals surface area contributed by atoms with Crippen molar-refractivity contribution in [3.63, 3.8) is 0 Å². The van der Waals surface area contributed by atoms with Crippen LogP contribution in [0.25, 0.3) is 0 Å². The van der Waals surface area contributed by atoms with Crippen molar-refractivity contribution in [1.82, 2.24) is 10.6 Å². The number of carbonyl (C=O) groups is 1. The first-order valence-corrected chi connectivity index (χ1v) is 5.18. The summed E-state index contributed by atoms with van der Waals surface area (Å²) in [6.07, 6.45) is 1.77. The van der Waals surface area contributed by atoms with E-state index < -0.39 is 0 Å². The number of nitrogens with one attached hydrogen (secondary N) is 2. The van der Waals surface area contributed by atoms with Gasteiger partial charge in [0.1, 0.15) is 0 Å². The molecule has 0 aromatic carbocycles. The predicted molar refractivity (Wildman–Crippen MR) is 55.3 cm³/mol. The van der Waals surface area contributed by atoms with Gasteiger partial charge in [-0.05, 0) is 33.6 Å². The second-order valence-corrected chi connectivity index (χ2v) is 4.43. The van der Waals surface area contributed by atoms with E-state index in [-0.39, 0.29) is 17.6 Å². The molecule has 0 atom stereocenters. The molecule has 4 nitrogen and oxygen atoms in total. The molecule has 1 rings (SSSR count). The van der Waals surface area contributed by atoms with Gasteiger partial charge in [-0.15, -0.1) is 0 Å². The summed E-state index contributed by atoms with van der Waals surface area (Å²) in [5.74, 6) is 0. The smallest absolute Gasteiger partial charge is 0.315 e. The summed E-state index contributed by atoms with van der Waals surface area (Å²) in [5.41, 5.74) is -0.1000. The van der Waals surface area contributed by atoms with Gasteiger partial charge in [0.25, 0.3) is 0 Å². The molecule has 0 radical (unpaired) electrons. The van der Waals surface area contributed by atoms with Crippen molar-refractivity contribution >= 4 is 6.03 Å². The summed E-state index contributed by atoms with van der Waals surface area (Å²) in [6, 6.07) is 0.0999. The Labute approximate surface area is 85.4 Å². The van der Waals surface area contributed by atoms with Crippen LogP contribution in [0.1, 0.15) is 33.6 Å². The highest BCUT2D eigenvalue weighted by molar-refractivity contribution is 5.75. The molecule has 14 heavy (non-hydrogen) atoms. The largest absolute Gasteiger partial charge is 0.381 e. The van der Waals surface area contributed by atoms with Gasteiger partial charge >= 0.3 is 6.03 Å². The maximum Gasteiger partial charge on any atom is 0.315 e. The predicted octanol–water partition coefficient (Wildman–Crippen LogP) is 1.26. The normalized spacial score (nSPS) is 20.6. The number of rotatable bonds is 2. The quantitative estimate of drug-likeness (QED) is 0.705. The van der Waals surface area contributed by atoms with E-state index in [2.05, 4.69) is 17.6 Å².